The van der Waals surface area contributed by atoms with Gasteiger partial charge in [0.2, 0.25) is 0 Å². The Hall–Kier alpha value is -2.35. The number of allylic oxidation sites excluding steroid dienone is 1. The topological polar surface area (TPSA) is 15.6 Å². The molecule has 0 radical (unpaired) electrons. The quantitative estimate of drug-likeness (QED) is 0.317. The van der Waals surface area contributed by atoms with Gasteiger partial charge in [-0.05, 0) is 79.5 Å². The molecule has 2 rings (SSSR count). The molecular formula is C27H38N2. The van der Waals surface area contributed by atoms with E-state index in [2.05, 4.69) is 87.6 Å². The number of rotatable bonds is 10. The van der Waals surface area contributed by atoms with Gasteiger partial charge in [-0.3, -0.25) is 4.99 Å². The van der Waals surface area contributed by atoms with Gasteiger partial charge >= 0.3 is 0 Å². The molecule has 0 N–H and O–H groups in total. The maximum atomic E-state index is 4.31. The van der Waals surface area contributed by atoms with Gasteiger partial charge < -0.3 is 4.90 Å². The Morgan fingerprint density at radius 3 is 2.45 bits per heavy atom. The lowest BCUT2D eigenvalue weighted by Gasteiger charge is -2.25. The van der Waals surface area contributed by atoms with Crippen molar-refractivity contribution in [3.05, 3.63) is 76.4 Å². The van der Waals surface area contributed by atoms with E-state index in [1.807, 2.05) is 7.05 Å². The molecule has 0 aliphatic rings. The van der Waals surface area contributed by atoms with Gasteiger partial charge in [-0.2, -0.15) is 0 Å². The third-order valence-electron chi connectivity index (χ3n) is 5.87. The molecule has 0 aliphatic carbocycles. The molecule has 0 fully saturated rings. The predicted molar refractivity (Wildman–Crippen MR) is 130 cm³/mol. The Kier molecular flexibility index (Phi) is 8.70. The largest absolute Gasteiger partial charge is 0.370 e. The highest BCUT2D eigenvalue weighted by molar-refractivity contribution is 5.98. The van der Waals surface area contributed by atoms with Crippen molar-refractivity contribution in [3.63, 3.8) is 0 Å². The molecule has 2 heteroatoms. The molecule has 0 bridgehead atoms. The highest BCUT2D eigenvalue weighted by Gasteiger charge is 2.12. The molecule has 0 spiro atoms. The molecule has 2 aromatic carbocycles. The van der Waals surface area contributed by atoms with Gasteiger partial charge in [0, 0.05) is 32.0 Å². The fourth-order valence-electron chi connectivity index (χ4n) is 3.98. The van der Waals surface area contributed by atoms with Crippen molar-refractivity contribution >= 4 is 11.4 Å². The van der Waals surface area contributed by atoms with Crippen LogP contribution in [0.3, 0.4) is 0 Å². The highest BCUT2D eigenvalue weighted by atomic mass is 15.1. The van der Waals surface area contributed by atoms with Crippen LogP contribution in [0.4, 0.5) is 5.69 Å². The number of aryl methyl sites for hydroxylation is 2. The van der Waals surface area contributed by atoms with Gasteiger partial charge in [-0.1, -0.05) is 56.7 Å². The molecule has 29 heavy (non-hydrogen) atoms. The van der Waals surface area contributed by atoms with Crippen molar-refractivity contribution in [1.29, 1.82) is 0 Å². The van der Waals surface area contributed by atoms with Crippen molar-refractivity contribution in [3.8, 4) is 0 Å². The molecule has 0 heterocycles. The van der Waals surface area contributed by atoms with E-state index in [4.69, 9.17) is 0 Å². The fraction of sp³-hybridized carbons (Fsp3) is 0.444. The van der Waals surface area contributed by atoms with Gasteiger partial charge in [-0.25, -0.2) is 0 Å². The Morgan fingerprint density at radius 1 is 1.07 bits per heavy atom. The second-order valence-electron chi connectivity index (χ2n) is 8.07. The summed E-state index contributed by atoms with van der Waals surface area (Å²) in [6.45, 7) is 13.9. The Balaban J connectivity index is 2.21. The van der Waals surface area contributed by atoms with E-state index in [1.54, 1.807) is 0 Å². The Morgan fingerprint density at radius 2 is 1.83 bits per heavy atom. The van der Waals surface area contributed by atoms with E-state index < -0.39 is 0 Å². The van der Waals surface area contributed by atoms with Crippen molar-refractivity contribution in [2.75, 3.05) is 19.0 Å². The molecule has 0 amide bonds. The zero-order chi connectivity index (χ0) is 21.4. The Labute approximate surface area is 178 Å². The number of nitrogens with zero attached hydrogens (tertiary/aromatic N) is 2. The van der Waals surface area contributed by atoms with Crippen LogP contribution in [0, 0.1) is 6.92 Å². The second kappa shape index (κ2) is 11.0. The van der Waals surface area contributed by atoms with Crippen LogP contribution in [-0.4, -0.2) is 19.8 Å². The van der Waals surface area contributed by atoms with Gasteiger partial charge in [0.25, 0.3) is 0 Å². The zero-order valence-electron chi connectivity index (χ0n) is 19.3. The van der Waals surface area contributed by atoms with Crippen molar-refractivity contribution < 1.29 is 0 Å². The monoisotopic (exact) mass is 390 g/mol. The number of aliphatic imine (C=N–C) groups is 1. The summed E-state index contributed by atoms with van der Waals surface area (Å²) in [5.41, 5.74) is 10.6. The van der Waals surface area contributed by atoms with E-state index in [1.165, 1.54) is 45.5 Å². The van der Waals surface area contributed by atoms with E-state index in [0.29, 0.717) is 0 Å². The second-order valence-corrected chi connectivity index (χ2v) is 8.07. The predicted octanol–water partition coefficient (Wildman–Crippen LogP) is 6.92. The first-order valence-electron chi connectivity index (χ1n) is 10.9. The van der Waals surface area contributed by atoms with Crippen molar-refractivity contribution in [2.24, 2.45) is 4.99 Å². The third kappa shape index (κ3) is 6.06. The van der Waals surface area contributed by atoms with E-state index in [0.717, 1.165) is 37.9 Å². The van der Waals surface area contributed by atoms with Crippen LogP contribution in [0.15, 0.2) is 53.5 Å². The fourth-order valence-corrected chi connectivity index (χ4v) is 3.98. The minimum absolute atomic E-state index is 0.910. The van der Waals surface area contributed by atoms with Crippen LogP contribution in [0.2, 0.25) is 0 Å². The van der Waals surface area contributed by atoms with Crippen molar-refractivity contribution in [1.82, 2.24) is 0 Å². The van der Waals surface area contributed by atoms with Crippen LogP contribution in [-0.2, 0) is 19.4 Å². The lowest BCUT2D eigenvalue weighted by Crippen LogP contribution is -2.19. The third-order valence-corrected chi connectivity index (χ3v) is 5.87. The summed E-state index contributed by atoms with van der Waals surface area (Å²) in [6.07, 6.45) is 5.56. The number of anilines is 1. The molecule has 0 aromatic heterocycles. The minimum atomic E-state index is 0.910. The smallest absolute Gasteiger partial charge is 0.0428 e. The van der Waals surface area contributed by atoms with Crippen LogP contribution in [0.25, 0.3) is 0 Å². The van der Waals surface area contributed by atoms with Crippen molar-refractivity contribution in [2.45, 2.75) is 66.3 Å². The first-order chi connectivity index (χ1) is 13.9. The summed E-state index contributed by atoms with van der Waals surface area (Å²) in [7, 11) is 4.06. The summed E-state index contributed by atoms with van der Waals surface area (Å²) >= 11 is 0. The van der Waals surface area contributed by atoms with E-state index in [9.17, 15) is 0 Å². The lowest BCUT2D eigenvalue weighted by molar-refractivity contribution is 0.814. The zero-order valence-corrected chi connectivity index (χ0v) is 19.3. The normalized spacial score (nSPS) is 11.6. The van der Waals surface area contributed by atoms with Crippen LogP contribution < -0.4 is 4.90 Å². The maximum absolute atomic E-state index is 4.31. The van der Waals surface area contributed by atoms with E-state index in [-0.39, 0.29) is 0 Å². The number of benzene rings is 2. The summed E-state index contributed by atoms with van der Waals surface area (Å²) < 4.78 is 0. The molecule has 0 saturated carbocycles. The first-order valence-corrected chi connectivity index (χ1v) is 10.9. The number of hydrogen-bond acceptors (Lipinski definition) is 2. The first kappa shape index (κ1) is 22.9. The van der Waals surface area contributed by atoms with Gasteiger partial charge in [0.1, 0.15) is 0 Å². The molecule has 0 unspecified atom stereocenters. The minimum Gasteiger partial charge on any atom is -0.370 e. The summed E-state index contributed by atoms with van der Waals surface area (Å²) in [6, 6.07) is 13.5. The Bertz CT molecular complexity index is 861. The van der Waals surface area contributed by atoms with Gasteiger partial charge in [0.05, 0.1) is 0 Å². The maximum Gasteiger partial charge on any atom is 0.0428 e. The summed E-state index contributed by atoms with van der Waals surface area (Å²) in [4.78, 5) is 6.71. The van der Waals surface area contributed by atoms with Crippen LogP contribution in [0.1, 0.15) is 67.9 Å². The number of hydrogen-bond donors (Lipinski definition) is 0. The molecule has 0 saturated heterocycles. The average Bonchev–Trinajstić information content (AvgIpc) is 2.72. The summed E-state index contributed by atoms with van der Waals surface area (Å²) in [5, 5.41) is 0. The molecule has 156 valence electrons. The van der Waals surface area contributed by atoms with Crippen LogP contribution in [0.5, 0.6) is 0 Å². The highest BCUT2D eigenvalue weighted by Crippen LogP contribution is 2.28. The molecular weight excluding hydrogens is 352 g/mol. The SMILES string of the molecule is C=C(CCC)CCc1cccc(N(C)Cc2ccc(/C(C)=N/C)cc2C)c1CC. The van der Waals surface area contributed by atoms with Crippen LogP contribution >= 0.6 is 0 Å². The average molecular weight is 391 g/mol. The molecule has 2 aromatic rings. The summed E-state index contributed by atoms with van der Waals surface area (Å²) in [5.74, 6) is 0. The standard InChI is InChI=1S/C27H38N2/c1-8-11-20(3)14-15-23-12-10-13-27(26(23)9-2)29(7)19-25-17-16-24(18-21(25)4)22(5)28-6/h10,12-13,16-18H,3,8-9,11,14-15,19H2,1-2,4-7H3/b28-22+. The van der Waals surface area contributed by atoms with E-state index >= 15 is 0 Å². The van der Waals surface area contributed by atoms with Gasteiger partial charge in [-0.15, -0.1) is 0 Å². The molecule has 2 nitrogen and oxygen atoms in total. The lowest BCUT2D eigenvalue weighted by atomic mass is 9.95. The molecule has 0 atom stereocenters. The molecule has 0 aliphatic heterocycles. The van der Waals surface area contributed by atoms with Gasteiger partial charge in [0.15, 0.2) is 0 Å².